The van der Waals surface area contributed by atoms with Crippen molar-refractivity contribution in [2.45, 2.75) is 219 Å². The molecular formula is C40H84O8. The second-order valence-corrected chi connectivity index (χ2v) is 13.1. The predicted octanol–water partition coefficient (Wildman–Crippen LogP) is 10.6. The number of aliphatic hydroxyl groups is 4. The minimum atomic E-state index is -0.653. The van der Waals surface area contributed by atoms with Crippen molar-refractivity contribution >= 4 is 11.9 Å². The van der Waals surface area contributed by atoms with Gasteiger partial charge >= 0.3 is 11.9 Å². The highest BCUT2D eigenvalue weighted by Crippen LogP contribution is 2.15. The first-order chi connectivity index (χ1) is 23.4. The number of hydrogen-bond acceptors (Lipinski definition) is 6. The lowest BCUT2D eigenvalue weighted by atomic mass is 10.0. The first kappa shape index (κ1) is 53.6. The number of carbonyl (C=O) groups is 2. The first-order valence-corrected chi connectivity index (χ1v) is 20.2. The molecule has 0 heterocycles. The van der Waals surface area contributed by atoms with Crippen molar-refractivity contribution in [1.82, 2.24) is 0 Å². The number of rotatable bonds is 34. The van der Waals surface area contributed by atoms with Gasteiger partial charge in [0.05, 0.1) is 26.4 Å². The van der Waals surface area contributed by atoms with Crippen LogP contribution in [0.3, 0.4) is 0 Å². The Balaban J connectivity index is -0.000000329. The fraction of sp³-hybridized carbons (Fsp3) is 0.950. The van der Waals surface area contributed by atoms with Gasteiger partial charge in [-0.1, -0.05) is 194 Å². The van der Waals surface area contributed by atoms with E-state index in [1.807, 2.05) is 0 Å². The van der Waals surface area contributed by atoms with Crippen molar-refractivity contribution in [3.05, 3.63) is 0 Å². The van der Waals surface area contributed by atoms with Gasteiger partial charge in [0, 0.05) is 12.8 Å². The van der Waals surface area contributed by atoms with Crippen LogP contribution in [0.2, 0.25) is 0 Å². The van der Waals surface area contributed by atoms with Crippen LogP contribution in [0.15, 0.2) is 0 Å². The van der Waals surface area contributed by atoms with E-state index in [0.29, 0.717) is 12.8 Å². The number of carboxylic acid groups (broad SMARTS) is 2. The highest BCUT2D eigenvalue weighted by Gasteiger charge is 1.98. The van der Waals surface area contributed by atoms with Crippen LogP contribution in [0, 0.1) is 0 Å². The molecule has 0 fully saturated rings. The Morgan fingerprint density at radius 2 is 0.438 bits per heavy atom. The van der Waals surface area contributed by atoms with Crippen molar-refractivity contribution in [1.29, 1.82) is 0 Å². The third kappa shape index (κ3) is 71.0. The molecular weight excluding hydrogens is 608 g/mol. The molecule has 6 N–H and O–H groups in total. The van der Waals surface area contributed by atoms with Gasteiger partial charge in [-0.3, -0.25) is 9.59 Å². The molecule has 8 nitrogen and oxygen atoms in total. The van der Waals surface area contributed by atoms with Gasteiger partial charge in [-0.15, -0.1) is 0 Å². The second-order valence-electron chi connectivity index (χ2n) is 13.1. The van der Waals surface area contributed by atoms with Gasteiger partial charge in [0.25, 0.3) is 0 Å². The smallest absolute Gasteiger partial charge is 0.303 e. The topological polar surface area (TPSA) is 156 Å². The highest BCUT2D eigenvalue weighted by atomic mass is 16.4. The van der Waals surface area contributed by atoms with Gasteiger partial charge in [-0.05, 0) is 12.8 Å². The van der Waals surface area contributed by atoms with Crippen molar-refractivity contribution < 1.29 is 40.2 Å². The maximum atomic E-state index is 10.3. The number of aliphatic carboxylic acids is 2. The zero-order valence-electron chi connectivity index (χ0n) is 32.0. The van der Waals surface area contributed by atoms with E-state index in [-0.39, 0.29) is 26.4 Å². The van der Waals surface area contributed by atoms with Gasteiger partial charge in [0.2, 0.25) is 0 Å². The fourth-order valence-electron chi connectivity index (χ4n) is 5.30. The van der Waals surface area contributed by atoms with E-state index >= 15 is 0 Å². The molecule has 8 heteroatoms. The van der Waals surface area contributed by atoms with E-state index in [9.17, 15) is 9.59 Å². The zero-order chi connectivity index (χ0) is 36.6. The Labute approximate surface area is 297 Å². The molecule has 48 heavy (non-hydrogen) atoms. The monoisotopic (exact) mass is 693 g/mol. The molecule has 0 unspecified atom stereocenters. The lowest BCUT2D eigenvalue weighted by Gasteiger charge is -2.03. The van der Waals surface area contributed by atoms with Crippen molar-refractivity contribution in [3.8, 4) is 0 Å². The standard InChI is InChI=1S/2C18H36O2.2C2H6O2/c2*1-2-3-4-5-6-7-8-9-10-11-12-13-14-15-16-17-18(19)20;2*3-1-2-4/h2*2-17H2,1H3,(H,19,20);2*3-4H,1-2H2. The Kier molecular flexibility index (Phi) is 61.6. The Hall–Kier alpha value is -1.22. The first-order valence-electron chi connectivity index (χ1n) is 20.2. The van der Waals surface area contributed by atoms with Crippen LogP contribution in [0.25, 0.3) is 0 Å². The Bertz CT molecular complexity index is 507. The molecule has 0 bridgehead atoms. The molecule has 0 rings (SSSR count). The number of unbranched alkanes of at least 4 members (excludes halogenated alkanes) is 28. The molecule has 0 aliphatic rings. The molecule has 292 valence electrons. The van der Waals surface area contributed by atoms with Crippen LogP contribution in [0.1, 0.15) is 219 Å². The zero-order valence-corrected chi connectivity index (χ0v) is 32.0. The minimum absolute atomic E-state index is 0.125. The third-order valence-corrected chi connectivity index (χ3v) is 8.19. The van der Waals surface area contributed by atoms with Gasteiger partial charge in [0.15, 0.2) is 0 Å². The molecule has 0 amide bonds. The van der Waals surface area contributed by atoms with Crippen LogP contribution in [0.5, 0.6) is 0 Å². The summed E-state index contributed by atoms with van der Waals surface area (Å²) in [5, 5.41) is 47.5. The lowest BCUT2D eigenvalue weighted by molar-refractivity contribution is -0.138. The minimum Gasteiger partial charge on any atom is -0.481 e. The van der Waals surface area contributed by atoms with Gasteiger partial charge in [0.1, 0.15) is 0 Å². The summed E-state index contributed by atoms with van der Waals surface area (Å²) in [5.41, 5.74) is 0. The molecule has 0 saturated carbocycles. The van der Waals surface area contributed by atoms with Crippen molar-refractivity contribution in [3.63, 3.8) is 0 Å². The maximum Gasteiger partial charge on any atom is 0.303 e. The summed E-state index contributed by atoms with van der Waals surface area (Å²) in [5.74, 6) is -1.31. The second kappa shape index (κ2) is 55.2. The normalized spacial score (nSPS) is 10.3. The summed E-state index contributed by atoms with van der Waals surface area (Å²) in [6.07, 6.45) is 40.4. The van der Waals surface area contributed by atoms with Crippen LogP contribution < -0.4 is 0 Å². The Morgan fingerprint density at radius 3 is 0.562 bits per heavy atom. The van der Waals surface area contributed by atoms with Gasteiger partial charge < -0.3 is 30.6 Å². The summed E-state index contributed by atoms with van der Waals surface area (Å²) in [4.78, 5) is 20.7. The van der Waals surface area contributed by atoms with E-state index < -0.39 is 11.9 Å². The molecule has 0 aromatic carbocycles. The number of carboxylic acids is 2. The van der Waals surface area contributed by atoms with Crippen LogP contribution in [0.4, 0.5) is 0 Å². The number of hydrogen-bond donors (Lipinski definition) is 6. The lowest BCUT2D eigenvalue weighted by Crippen LogP contribution is -1.93. The van der Waals surface area contributed by atoms with Gasteiger partial charge in [-0.25, -0.2) is 0 Å². The van der Waals surface area contributed by atoms with E-state index in [1.54, 1.807) is 0 Å². The van der Waals surface area contributed by atoms with Crippen molar-refractivity contribution in [2.75, 3.05) is 26.4 Å². The van der Waals surface area contributed by atoms with Gasteiger partial charge in [-0.2, -0.15) is 0 Å². The van der Waals surface area contributed by atoms with E-state index in [4.69, 9.17) is 30.6 Å². The molecule has 0 atom stereocenters. The quantitative estimate of drug-likeness (QED) is 0.0364. The molecule has 0 saturated heterocycles. The number of aliphatic hydroxyl groups excluding tert-OH is 4. The molecule has 0 spiro atoms. The predicted molar refractivity (Wildman–Crippen MR) is 203 cm³/mol. The summed E-state index contributed by atoms with van der Waals surface area (Å²) in [6, 6.07) is 0. The summed E-state index contributed by atoms with van der Waals surface area (Å²) >= 11 is 0. The van der Waals surface area contributed by atoms with Crippen LogP contribution in [-0.2, 0) is 9.59 Å². The molecule has 0 radical (unpaired) electrons. The van der Waals surface area contributed by atoms with E-state index in [2.05, 4.69) is 13.8 Å². The molecule has 0 aromatic heterocycles. The van der Waals surface area contributed by atoms with E-state index in [1.165, 1.54) is 167 Å². The molecule has 0 aliphatic carbocycles. The van der Waals surface area contributed by atoms with Crippen molar-refractivity contribution in [2.24, 2.45) is 0 Å². The molecule has 0 aliphatic heterocycles. The van der Waals surface area contributed by atoms with Crippen LogP contribution in [-0.4, -0.2) is 69.0 Å². The summed E-state index contributed by atoms with van der Waals surface area (Å²) < 4.78 is 0. The third-order valence-electron chi connectivity index (χ3n) is 8.19. The fourth-order valence-corrected chi connectivity index (χ4v) is 5.30. The SMILES string of the molecule is CCCCCCCCCCCCCCCCCC(=O)O.CCCCCCCCCCCCCCCCCC(=O)O.OCCO.OCCO. The molecule has 0 aromatic rings. The van der Waals surface area contributed by atoms with E-state index in [0.717, 1.165) is 25.7 Å². The average Bonchev–Trinajstić information content (AvgIpc) is 3.08. The summed E-state index contributed by atoms with van der Waals surface area (Å²) in [7, 11) is 0. The Morgan fingerprint density at radius 1 is 0.292 bits per heavy atom. The highest BCUT2D eigenvalue weighted by molar-refractivity contribution is 5.66. The van der Waals surface area contributed by atoms with Crippen LogP contribution >= 0.6 is 0 Å². The summed E-state index contributed by atoms with van der Waals surface area (Å²) in [6.45, 7) is 4.04. The average molecular weight is 693 g/mol. The largest absolute Gasteiger partial charge is 0.481 e. The maximum absolute atomic E-state index is 10.3.